The summed E-state index contributed by atoms with van der Waals surface area (Å²) in [5.74, 6) is -0.723. The van der Waals surface area contributed by atoms with Crippen molar-refractivity contribution in [1.82, 2.24) is 0 Å². The topological polar surface area (TPSA) is 9.23 Å². The van der Waals surface area contributed by atoms with Crippen molar-refractivity contribution in [3.63, 3.8) is 0 Å². The van der Waals surface area contributed by atoms with Crippen LogP contribution in [0.4, 0.5) is 8.78 Å². The predicted octanol–water partition coefficient (Wildman–Crippen LogP) is 3.09. The lowest BCUT2D eigenvalue weighted by molar-refractivity contribution is 0.184. The summed E-state index contributed by atoms with van der Waals surface area (Å²) >= 11 is 5.59. The van der Waals surface area contributed by atoms with Gasteiger partial charge in [0, 0.05) is 11.1 Å². The normalized spacial score (nSPS) is 10.0. The van der Waals surface area contributed by atoms with E-state index < -0.39 is 12.7 Å². The lowest BCUT2D eigenvalue weighted by Gasteiger charge is -2.05. The van der Waals surface area contributed by atoms with Gasteiger partial charge in [0.1, 0.15) is 0 Å². The molecule has 12 heavy (non-hydrogen) atoms. The lowest BCUT2D eigenvalue weighted by atomic mass is 10.2. The van der Waals surface area contributed by atoms with Crippen LogP contribution >= 0.6 is 11.6 Å². The molecule has 0 N–H and O–H groups in total. The van der Waals surface area contributed by atoms with Crippen LogP contribution in [0.1, 0.15) is 5.56 Å². The van der Waals surface area contributed by atoms with Crippen molar-refractivity contribution >= 4 is 11.6 Å². The van der Waals surface area contributed by atoms with Gasteiger partial charge in [0.2, 0.25) is 6.86 Å². The SMILES string of the molecule is Cc1cc(Cl)cc(OCF)c1F. The fourth-order valence-corrected chi connectivity index (χ4v) is 1.12. The minimum absolute atomic E-state index is 0.150. The van der Waals surface area contributed by atoms with E-state index >= 15 is 0 Å². The molecule has 1 aromatic rings. The highest BCUT2D eigenvalue weighted by Gasteiger charge is 2.07. The number of halogens is 3. The molecule has 1 aromatic carbocycles. The fraction of sp³-hybridized carbons (Fsp3) is 0.250. The summed E-state index contributed by atoms with van der Waals surface area (Å²) in [6, 6.07) is 2.69. The highest BCUT2D eigenvalue weighted by Crippen LogP contribution is 2.25. The second-order valence-electron chi connectivity index (χ2n) is 2.29. The van der Waals surface area contributed by atoms with Gasteiger partial charge in [-0.05, 0) is 18.6 Å². The summed E-state index contributed by atoms with van der Waals surface area (Å²) in [7, 11) is 0. The van der Waals surface area contributed by atoms with Crippen LogP contribution in [-0.2, 0) is 0 Å². The molecular formula is C8H7ClF2O. The molecule has 66 valence electrons. The Morgan fingerprint density at radius 1 is 1.50 bits per heavy atom. The summed E-state index contributed by atoms with van der Waals surface area (Å²) in [6.07, 6.45) is 0. The number of ether oxygens (including phenoxy) is 1. The van der Waals surface area contributed by atoms with Gasteiger partial charge < -0.3 is 4.74 Å². The molecule has 0 aliphatic carbocycles. The van der Waals surface area contributed by atoms with E-state index in [-0.39, 0.29) is 5.75 Å². The van der Waals surface area contributed by atoms with E-state index in [1.807, 2.05) is 0 Å². The third kappa shape index (κ3) is 1.85. The highest BCUT2D eigenvalue weighted by atomic mass is 35.5. The number of hydrogen-bond donors (Lipinski definition) is 0. The van der Waals surface area contributed by atoms with Gasteiger partial charge >= 0.3 is 0 Å². The largest absolute Gasteiger partial charge is 0.460 e. The molecule has 0 aliphatic heterocycles. The van der Waals surface area contributed by atoms with E-state index in [1.165, 1.54) is 19.1 Å². The minimum atomic E-state index is -1.06. The second-order valence-corrected chi connectivity index (χ2v) is 2.72. The summed E-state index contributed by atoms with van der Waals surface area (Å²) in [5.41, 5.74) is 0.339. The van der Waals surface area contributed by atoms with Crippen molar-refractivity contribution in [2.24, 2.45) is 0 Å². The highest BCUT2D eigenvalue weighted by molar-refractivity contribution is 6.30. The zero-order chi connectivity index (χ0) is 9.14. The summed E-state index contributed by atoms with van der Waals surface area (Å²) in [4.78, 5) is 0. The first-order valence-corrected chi connectivity index (χ1v) is 3.67. The molecule has 0 atom stereocenters. The van der Waals surface area contributed by atoms with Crippen molar-refractivity contribution < 1.29 is 13.5 Å². The van der Waals surface area contributed by atoms with Gasteiger partial charge in [0.25, 0.3) is 0 Å². The molecule has 0 saturated carbocycles. The number of rotatable bonds is 2. The molecule has 0 heterocycles. The zero-order valence-electron chi connectivity index (χ0n) is 6.40. The first-order chi connectivity index (χ1) is 5.65. The monoisotopic (exact) mass is 192 g/mol. The maximum atomic E-state index is 13.0. The first kappa shape index (κ1) is 9.26. The molecule has 0 amide bonds. The minimum Gasteiger partial charge on any atom is -0.460 e. The Morgan fingerprint density at radius 2 is 2.17 bits per heavy atom. The van der Waals surface area contributed by atoms with Crippen LogP contribution in [0.15, 0.2) is 12.1 Å². The molecule has 0 aliphatic rings. The van der Waals surface area contributed by atoms with Crippen LogP contribution < -0.4 is 4.74 Å². The molecule has 0 radical (unpaired) electrons. The van der Waals surface area contributed by atoms with Gasteiger partial charge in [-0.1, -0.05) is 11.6 Å². The molecule has 0 aromatic heterocycles. The summed E-state index contributed by atoms with van der Waals surface area (Å²) in [6.45, 7) is 0.475. The Balaban J connectivity index is 3.09. The van der Waals surface area contributed by atoms with Gasteiger partial charge in [-0.2, -0.15) is 0 Å². The third-order valence-corrected chi connectivity index (χ3v) is 1.61. The predicted molar refractivity (Wildman–Crippen MR) is 42.8 cm³/mol. The number of hydrogen-bond acceptors (Lipinski definition) is 1. The van der Waals surface area contributed by atoms with Gasteiger partial charge in [0.15, 0.2) is 11.6 Å². The molecule has 1 rings (SSSR count). The Hall–Kier alpha value is -0.830. The van der Waals surface area contributed by atoms with Crippen LogP contribution in [-0.4, -0.2) is 6.86 Å². The van der Waals surface area contributed by atoms with E-state index in [0.717, 1.165) is 0 Å². The Labute approximate surface area is 73.9 Å². The van der Waals surface area contributed by atoms with Crippen molar-refractivity contribution in [2.45, 2.75) is 6.92 Å². The van der Waals surface area contributed by atoms with Crippen LogP contribution in [0.5, 0.6) is 5.75 Å². The third-order valence-electron chi connectivity index (χ3n) is 1.40. The fourth-order valence-electron chi connectivity index (χ4n) is 0.859. The number of aryl methyl sites for hydroxylation is 1. The molecule has 1 nitrogen and oxygen atoms in total. The van der Waals surface area contributed by atoms with E-state index in [4.69, 9.17) is 11.6 Å². The second kappa shape index (κ2) is 3.72. The molecular weight excluding hydrogens is 186 g/mol. The van der Waals surface area contributed by atoms with Crippen LogP contribution in [0.25, 0.3) is 0 Å². The Morgan fingerprint density at radius 3 is 2.75 bits per heavy atom. The molecule has 0 bridgehead atoms. The van der Waals surface area contributed by atoms with Crippen LogP contribution in [0, 0.1) is 12.7 Å². The average Bonchev–Trinajstić information content (AvgIpc) is 2.00. The number of alkyl halides is 1. The van der Waals surface area contributed by atoms with Crippen molar-refractivity contribution in [1.29, 1.82) is 0 Å². The van der Waals surface area contributed by atoms with Gasteiger partial charge in [-0.15, -0.1) is 0 Å². The smallest absolute Gasteiger partial charge is 0.228 e. The van der Waals surface area contributed by atoms with Crippen molar-refractivity contribution in [3.8, 4) is 5.75 Å². The Bertz CT molecular complexity index is 289. The van der Waals surface area contributed by atoms with E-state index in [0.29, 0.717) is 10.6 Å². The maximum Gasteiger partial charge on any atom is 0.228 e. The molecule has 0 unspecified atom stereocenters. The van der Waals surface area contributed by atoms with E-state index in [2.05, 4.69) is 4.74 Å². The van der Waals surface area contributed by atoms with Gasteiger partial charge in [0.05, 0.1) is 0 Å². The lowest BCUT2D eigenvalue weighted by Crippen LogP contribution is -1.95. The molecule has 4 heteroatoms. The van der Waals surface area contributed by atoms with Gasteiger partial charge in [-0.25, -0.2) is 8.78 Å². The molecule has 0 saturated heterocycles. The number of benzene rings is 1. The van der Waals surface area contributed by atoms with Gasteiger partial charge in [-0.3, -0.25) is 0 Å². The molecule has 0 spiro atoms. The quantitative estimate of drug-likeness (QED) is 0.700. The first-order valence-electron chi connectivity index (χ1n) is 3.29. The van der Waals surface area contributed by atoms with E-state index in [9.17, 15) is 8.78 Å². The van der Waals surface area contributed by atoms with Crippen molar-refractivity contribution in [2.75, 3.05) is 6.86 Å². The average molecular weight is 193 g/mol. The molecule has 0 fully saturated rings. The van der Waals surface area contributed by atoms with Crippen LogP contribution in [0.2, 0.25) is 5.02 Å². The van der Waals surface area contributed by atoms with Crippen LogP contribution in [0.3, 0.4) is 0 Å². The maximum absolute atomic E-state index is 13.0. The van der Waals surface area contributed by atoms with E-state index in [1.54, 1.807) is 0 Å². The zero-order valence-corrected chi connectivity index (χ0v) is 7.16. The van der Waals surface area contributed by atoms with Crippen molar-refractivity contribution in [3.05, 3.63) is 28.5 Å². The summed E-state index contributed by atoms with van der Waals surface area (Å²) in [5, 5.41) is 0.331. The summed E-state index contributed by atoms with van der Waals surface area (Å²) < 4.78 is 29.1. The Kier molecular flexibility index (Phi) is 2.87. The standard InChI is InChI=1S/C8H7ClF2O/c1-5-2-6(9)3-7(8(5)11)12-4-10/h2-3H,4H2,1H3.